The molecule has 2 fully saturated rings. The van der Waals surface area contributed by atoms with Crippen LogP contribution in [0.5, 0.6) is 5.75 Å². The topological polar surface area (TPSA) is 101 Å². The Balaban J connectivity index is 1.65. The van der Waals surface area contributed by atoms with Crippen molar-refractivity contribution < 1.29 is 27.1 Å². The van der Waals surface area contributed by atoms with Crippen molar-refractivity contribution in [2.75, 3.05) is 0 Å². The van der Waals surface area contributed by atoms with Crippen molar-refractivity contribution in [1.29, 1.82) is 0 Å². The molecule has 0 unspecified atom stereocenters. The van der Waals surface area contributed by atoms with Gasteiger partial charge >= 0.3 is 10.4 Å². The molecule has 136 valence electrons. The normalized spacial score (nSPS) is 37.2. The fourth-order valence-electron chi connectivity index (χ4n) is 5.50. The van der Waals surface area contributed by atoms with Gasteiger partial charge in [-0.3, -0.25) is 9.35 Å². The van der Waals surface area contributed by atoms with Gasteiger partial charge in [0.05, 0.1) is 0 Å². The molecule has 0 radical (unpaired) electrons. The first-order valence-corrected chi connectivity index (χ1v) is 10.1. The molecule has 0 bridgehead atoms. The van der Waals surface area contributed by atoms with Gasteiger partial charge in [-0.2, -0.15) is 8.42 Å². The van der Waals surface area contributed by atoms with Gasteiger partial charge in [-0.15, -0.1) is 0 Å². The number of hydrogen-bond acceptors (Lipinski definition) is 5. The summed E-state index contributed by atoms with van der Waals surface area (Å²) < 4.78 is 35.2. The van der Waals surface area contributed by atoms with Gasteiger partial charge in [0.15, 0.2) is 5.78 Å². The second kappa shape index (κ2) is 5.53. The standard InChI is InChI=1S/C18H22O6S/c1-18-7-6-13-12-5-3-11(24-25(21,22)23)8-10(12)2-4-14(13)15(18)9-16(19)17(18)20/h3,5,8,13-15,17,20H,2,4,6-7,9H2,1H3,(H,21,22,23)/t13-,14-,15+,17+,18+/m1/s1. The lowest BCUT2D eigenvalue weighted by Crippen LogP contribution is -2.44. The van der Waals surface area contributed by atoms with Crippen LogP contribution in [0.2, 0.25) is 0 Å². The first-order valence-electron chi connectivity index (χ1n) is 8.69. The highest BCUT2D eigenvalue weighted by molar-refractivity contribution is 7.81. The molecule has 2 N–H and O–H groups in total. The van der Waals surface area contributed by atoms with E-state index < -0.39 is 16.5 Å². The van der Waals surface area contributed by atoms with Gasteiger partial charge in [-0.25, -0.2) is 0 Å². The van der Waals surface area contributed by atoms with E-state index in [-0.39, 0.29) is 22.9 Å². The summed E-state index contributed by atoms with van der Waals surface area (Å²) in [4.78, 5) is 12.1. The molecule has 3 aliphatic carbocycles. The number of hydrogen-bond donors (Lipinski definition) is 2. The van der Waals surface area contributed by atoms with Crippen LogP contribution in [0.1, 0.15) is 49.7 Å². The van der Waals surface area contributed by atoms with Crippen LogP contribution in [0.4, 0.5) is 0 Å². The summed E-state index contributed by atoms with van der Waals surface area (Å²) in [6, 6.07) is 5.13. The van der Waals surface area contributed by atoms with Crippen LogP contribution in [0, 0.1) is 17.3 Å². The molecule has 0 heterocycles. The van der Waals surface area contributed by atoms with Crippen LogP contribution in [0.15, 0.2) is 18.2 Å². The summed E-state index contributed by atoms with van der Waals surface area (Å²) in [6.07, 6.45) is 3.02. The van der Waals surface area contributed by atoms with E-state index in [1.807, 2.05) is 13.0 Å². The van der Waals surface area contributed by atoms with Crippen molar-refractivity contribution in [2.24, 2.45) is 17.3 Å². The summed E-state index contributed by atoms with van der Waals surface area (Å²) >= 11 is 0. The average Bonchev–Trinajstić information content (AvgIpc) is 2.76. The molecule has 4 rings (SSSR count). The van der Waals surface area contributed by atoms with Gasteiger partial charge < -0.3 is 9.29 Å². The van der Waals surface area contributed by atoms with Crippen molar-refractivity contribution in [1.82, 2.24) is 0 Å². The number of fused-ring (bicyclic) bond motifs is 5. The summed E-state index contributed by atoms with van der Waals surface area (Å²) in [6.45, 7) is 2.04. The second-order valence-electron chi connectivity index (χ2n) is 7.90. The third kappa shape index (κ3) is 2.69. The molecular weight excluding hydrogens is 344 g/mol. The molecule has 5 atom stereocenters. The molecule has 6 nitrogen and oxygen atoms in total. The van der Waals surface area contributed by atoms with Gasteiger partial charge in [0.1, 0.15) is 11.9 Å². The average molecular weight is 366 g/mol. The molecule has 7 heteroatoms. The molecule has 2 saturated carbocycles. The Morgan fingerprint density at radius 3 is 2.76 bits per heavy atom. The molecule has 0 aromatic heterocycles. The molecule has 3 aliphatic rings. The highest BCUT2D eigenvalue weighted by atomic mass is 32.3. The van der Waals surface area contributed by atoms with E-state index in [9.17, 15) is 18.3 Å². The zero-order valence-electron chi connectivity index (χ0n) is 14.0. The lowest BCUT2D eigenvalue weighted by Gasteiger charge is -2.49. The van der Waals surface area contributed by atoms with Gasteiger partial charge in [-0.05, 0) is 66.7 Å². The van der Waals surface area contributed by atoms with E-state index in [2.05, 4.69) is 4.18 Å². The van der Waals surface area contributed by atoms with Crippen molar-refractivity contribution in [3.63, 3.8) is 0 Å². The fraction of sp³-hybridized carbons (Fsp3) is 0.611. The molecule has 0 aliphatic heterocycles. The number of benzene rings is 1. The van der Waals surface area contributed by atoms with Gasteiger partial charge in [0.25, 0.3) is 0 Å². The molecule has 0 amide bonds. The zero-order valence-corrected chi connectivity index (χ0v) is 14.8. The Morgan fingerprint density at radius 2 is 2.04 bits per heavy atom. The summed E-state index contributed by atoms with van der Waals surface area (Å²) in [5.41, 5.74) is 1.90. The zero-order chi connectivity index (χ0) is 18.0. The highest BCUT2D eigenvalue weighted by Gasteiger charge is 2.57. The maximum absolute atomic E-state index is 12.1. The predicted octanol–water partition coefficient (Wildman–Crippen LogP) is 2.26. The summed E-state index contributed by atoms with van der Waals surface area (Å²) in [5.74, 6) is 0.971. The molecule has 1 aromatic carbocycles. The number of aliphatic hydroxyl groups is 1. The Labute approximate surface area is 147 Å². The molecule has 0 spiro atoms. The fourth-order valence-corrected chi connectivity index (χ4v) is 5.85. The lowest BCUT2D eigenvalue weighted by atomic mass is 9.55. The molecule has 25 heavy (non-hydrogen) atoms. The van der Waals surface area contributed by atoms with Crippen LogP contribution in [0.25, 0.3) is 0 Å². The Kier molecular flexibility index (Phi) is 3.76. The van der Waals surface area contributed by atoms with Crippen molar-refractivity contribution in [3.05, 3.63) is 29.3 Å². The Morgan fingerprint density at radius 1 is 1.28 bits per heavy atom. The van der Waals surface area contributed by atoms with Crippen molar-refractivity contribution in [3.8, 4) is 5.75 Å². The number of ketones is 1. The van der Waals surface area contributed by atoms with Crippen LogP contribution in [-0.4, -0.2) is 30.0 Å². The first kappa shape index (κ1) is 17.0. The highest BCUT2D eigenvalue weighted by Crippen LogP contribution is 2.60. The number of rotatable bonds is 2. The molecular formula is C18H22O6S. The smallest absolute Gasteiger partial charge is 0.385 e. The third-order valence-electron chi connectivity index (χ3n) is 6.69. The monoisotopic (exact) mass is 366 g/mol. The minimum atomic E-state index is -4.52. The van der Waals surface area contributed by atoms with Gasteiger partial charge in [0.2, 0.25) is 0 Å². The molecule has 1 aromatic rings. The maximum atomic E-state index is 12.1. The largest absolute Gasteiger partial charge is 0.446 e. The van der Waals surface area contributed by atoms with Crippen molar-refractivity contribution >= 4 is 16.2 Å². The minimum Gasteiger partial charge on any atom is -0.385 e. The van der Waals surface area contributed by atoms with E-state index >= 15 is 0 Å². The van der Waals surface area contributed by atoms with Crippen LogP contribution in [0.3, 0.4) is 0 Å². The molecule has 0 saturated heterocycles. The third-order valence-corrected chi connectivity index (χ3v) is 7.09. The van der Waals surface area contributed by atoms with Crippen molar-refractivity contribution in [2.45, 2.75) is 51.0 Å². The van der Waals surface area contributed by atoms with Gasteiger partial charge in [-0.1, -0.05) is 13.0 Å². The number of aliphatic hydroxyl groups excluding tert-OH is 1. The quantitative estimate of drug-likeness (QED) is 0.779. The van der Waals surface area contributed by atoms with Crippen LogP contribution in [-0.2, 0) is 21.6 Å². The predicted molar refractivity (Wildman–Crippen MR) is 89.6 cm³/mol. The maximum Gasteiger partial charge on any atom is 0.446 e. The van der Waals surface area contributed by atoms with E-state index in [1.165, 1.54) is 5.56 Å². The van der Waals surface area contributed by atoms with E-state index in [4.69, 9.17) is 4.55 Å². The Hall–Kier alpha value is -1.44. The van der Waals surface area contributed by atoms with Gasteiger partial charge in [0, 0.05) is 11.8 Å². The second-order valence-corrected chi connectivity index (χ2v) is 8.93. The number of carbonyl (C=O) groups excluding carboxylic acids is 1. The lowest BCUT2D eigenvalue weighted by molar-refractivity contribution is -0.128. The SMILES string of the molecule is C[C@]12CC[C@@H]3c4ccc(OS(=O)(=O)O)cc4CC[C@H]3[C@@H]1CC(=O)[C@@H]2O. The van der Waals surface area contributed by atoms with Crippen LogP contribution < -0.4 is 4.18 Å². The number of aryl methyl sites for hydroxylation is 1. The summed E-state index contributed by atoms with van der Waals surface area (Å²) in [7, 11) is -4.52. The van der Waals surface area contributed by atoms with Crippen LogP contribution >= 0.6 is 0 Å². The summed E-state index contributed by atoms with van der Waals surface area (Å²) in [5, 5.41) is 10.3. The minimum absolute atomic E-state index is 0.0316. The Bertz CT molecular complexity index is 832. The van der Waals surface area contributed by atoms with E-state index in [1.54, 1.807) is 12.1 Å². The number of Topliss-reactive ketones (excluding diaryl/α,β-unsaturated/α-hetero) is 1. The van der Waals surface area contributed by atoms with E-state index in [0.29, 0.717) is 18.3 Å². The van der Waals surface area contributed by atoms with E-state index in [0.717, 1.165) is 31.2 Å². The first-order chi connectivity index (χ1) is 11.7. The number of carbonyl (C=O) groups is 1.